The van der Waals surface area contributed by atoms with Crippen molar-refractivity contribution < 1.29 is 31.5 Å². The minimum atomic E-state index is -4.52. The molecule has 1 aromatic heterocycles. The number of carbonyl (C=O) groups excluding carboxylic acids is 1. The number of halogens is 5. The number of alkyl halides is 5. The monoisotopic (exact) mass is 353 g/mol. The summed E-state index contributed by atoms with van der Waals surface area (Å²) in [7, 11) is 0. The number of urea groups is 1. The second kappa shape index (κ2) is 7.63. The van der Waals surface area contributed by atoms with Gasteiger partial charge in [0.15, 0.2) is 0 Å². The minimum Gasteiger partial charge on any atom is -0.417 e. The van der Waals surface area contributed by atoms with E-state index in [4.69, 9.17) is 0 Å². The van der Waals surface area contributed by atoms with Crippen molar-refractivity contribution in [2.45, 2.75) is 44.6 Å². The molecule has 2 N–H and O–H groups in total. The normalized spacial score (nSPS) is 16.4. The molecular formula is C14H16F5N3O2. The molecule has 1 aromatic rings. The molecule has 1 fully saturated rings. The molecule has 2 rings (SSSR count). The van der Waals surface area contributed by atoms with E-state index in [9.17, 15) is 26.7 Å². The highest BCUT2D eigenvalue weighted by atomic mass is 19.4. The number of pyridine rings is 1. The van der Waals surface area contributed by atoms with Crippen LogP contribution in [0.1, 0.15) is 24.8 Å². The summed E-state index contributed by atoms with van der Waals surface area (Å²) >= 11 is 0. The molecule has 0 spiro atoms. The Morgan fingerprint density at radius 1 is 1.38 bits per heavy atom. The Hall–Kier alpha value is -2.13. The van der Waals surface area contributed by atoms with Crippen LogP contribution in [0, 0.1) is 5.92 Å². The molecule has 1 atom stereocenters. The maximum absolute atomic E-state index is 13.0. The third-order valence-electron chi connectivity index (χ3n) is 3.72. The maximum atomic E-state index is 13.0. The van der Waals surface area contributed by atoms with Crippen LogP contribution in [0.2, 0.25) is 0 Å². The van der Waals surface area contributed by atoms with Gasteiger partial charge in [-0.1, -0.05) is 6.42 Å². The van der Waals surface area contributed by atoms with Crippen molar-refractivity contribution >= 4 is 6.03 Å². The van der Waals surface area contributed by atoms with Crippen LogP contribution in [0.4, 0.5) is 26.7 Å². The average molecular weight is 353 g/mol. The highest BCUT2D eigenvalue weighted by molar-refractivity contribution is 5.74. The van der Waals surface area contributed by atoms with Crippen LogP contribution in [-0.4, -0.2) is 29.8 Å². The zero-order valence-corrected chi connectivity index (χ0v) is 12.4. The maximum Gasteiger partial charge on any atom is 0.408 e. The Morgan fingerprint density at radius 3 is 2.62 bits per heavy atom. The van der Waals surface area contributed by atoms with E-state index < -0.39 is 30.8 Å². The average Bonchev–Trinajstić information content (AvgIpc) is 2.41. The third-order valence-corrected chi connectivity index (χ3v) is 3.72. The summed E-state index contributed by atoms with van der Waals surface area (Å²) < 4.78 is 67.1. The third kappa shape index (κ3) is 5.20. The van der Waals surface area contributed by atoms with Crippen LogP contribution < -0.4 is 15.4 Å². The van der Waals surface area contributed by atoms with Gasteiger partial charge < -0.3 is 15.4 Å². The predicted octanol–water partition coefficient (Wildman–Crippen LogP) is 3.21. The van der Waals surface area contributed by atoms with E-state index in [2.05, 4.69) is 15.0 Å². The van der Waals surface area contributed by atoms with E-state index >= 15 is 0 Å². The van der Waals surface area contributed by atoms with Crippen LogP contribution in [0.25, 0.3) is 0 Å². The molecular weight excluding hydrogens is 337 g/mol. The van der Waals surface area contributed by atoms with Crippen LogP contribution in [0.3, 0.4) is 0 Å². The van der Waals surface area contributed by atoms with Gasteiger partial charge in [-0.05, 0) is 30.4 Å². The minimum absolute atomic E-state index is 0.150. The summed E-state index contributed by atoms with van der Waals surface area (Å²) in [5.41, 5.74) is 0.364. The van der Waals surface area contributed by atoms with Crippen molar-refractivity contribution in [3.05, 3.63) is 23.9 Å². The van der Waals surface area contributed by atoms with Gasteiger partial charge in [0.05, 0.1) is 0 Å². The Morgan fingerprint density at radius 2 is 2.08 bits per heavy atom. The molecule has 5 nitrogen and oxygen atoms in total. The highest BCUT2D eigenvalue weighted by Crippen LogP contribution is 2.37. The van der Waals surface area contributed by atoms with Crippen molar-refractivity contribution in [2.24, 2.45) is 5.92 Å². The van der Waals surface area contributed by atoms with Gasteiger partial charge >= 0.3 is 18.8 Å². The summed E-state index contributed by atoms with van der Waals surface area (Å²) in [6.07, 6.45) is -1.77. The van der Waals surface area contributed by atoms with Crippen molar-refractivity contribution in [1.29, 1.82) is 0 Å². The molecule has 1 saturated carbocycles. The van der Waals surface area contributed by atoms with Gasteiger partial charge in [-0.15, -0.1) is 0 Å². The quantitative estimate of drug-likeness (QED) is 0.772. The first kappa shape index (κ1) is 18.2. The molecule has 0 radical (unpaired) electrons. The molecule has 1 aliphatic carbocycles. The van der Waals surface area contributed by atoms with Gasteiger partial charge in [-0.2, -0.15) is 22.0 Å². The van der Waals surface area contributed by atoms with E-state index in [1.165, 1.54) is 18.3 Å². The number of rotatable bonds is 6. The lowest BCUT2D eigenvalue weighted by Crippen LogP contribution is -2.54. The first-order chi connectivity index (χ1) is 11.3. The van der Waals surface area contributed by atoms with Gasteiger partial charge in [-0.3, -0.25) is 0 Å². The van der Waals surface area contributed by atoms with Gasteiger partial charge in [0, 0.05) is 18.8 Å². The second-order valence-electron chi connectivity index (χ2n) is 5.42. The summed E-state index contributed by atoms with van der Waals surface area (Å²) in [5, 5.41) is 4.20. The Balaban J connectivity index is 1.88. The van der Waals surface area contributed by atoms with Crippen LogP contribution in [0.15, 0.2) is 18.3 Å². The number of hydrogen-bond donors (Lipinski definition) is 2. The molecule has 24 heavy (non-hydrogen) atoms. The van der Waals surface area contributed by atoms with Crippen LogP contribution in [-0.2, 0) is 6.54 Å². The molecule has 10 heteroatoms. The van der Waals surface area contributed by atoms with E-state index in [-0.39, 0.29) is 12.4 Å². The van der Waals surface area contributed by atoms with E-state index in [1.54, 1.807) is 0 Å². The van der Waals surface area contributed by atoms with Crippen molar-refractivity contribution in [2.75, 3.05) is 0 Å². The number of carbonyl (C=O) groups is 1. The van der Waals surface area contributed by atoms with Crippen LogP contribution >= 0.6 is 0 Å². The molecule has 0 aromatic carbocycles. The van der Waals surface area contributed by atoms with Crippen LogP contribution in [0.5, 0.6) is 5.88 Å². The molecule has 0 unspecified atom stereocenters. The first-order valence-electron chi connectivity index (χ1n) is 7.26. The van der Waals surface area contributed by atoms with Crippen molar-refractivity contribution in [3.8, 4) is 5.88 Å². The molecule has 0 aliphatic heterocycles. The number of ether oxygens (including phenoxy) is 1. The lowest BCUT2D eigenvalue weighted by atomic mass is 9.79. The molecule has 2 amide bonds. The van der Waals surface area contributed by atoms with Gasteiger partial charge in [0.2, 0.25) is 5.88 Å². The Labute approximate surface area is 134 Å². The fraction of sp³-hybridized carbons (Fsp3) is 0.571. The summed E-state index contributed by atoms with van der Waals surface area (Å²) in [6.45, 7) is -3.19. The number of aromatic nitrogens is 1. The molecule has 0 bridgehead atoms. The molecule has 1 aliphatic rings. The molecule has 134 valence electrons. The number of nitrogens with one attached hydrogen (secondary N) is 2. The predicted molar refractivity (Wildman–Crippen MR) is 73.4 cm³/mol. The zero-order valence-electron chi connectivity index (χ0n) is 12.4. The van der Waals surface area contributed by atoms with E-state index in [1.807, 2.05) is 5.32 Å². The van der Waals surface area contributed by atoms with Gasteiger partial charge in [-0.25, -0.2) is 9.78 Å². The number of nitrogens with zero attached hydrogens (tertiary/aromatic N) is 1. The zero-order chi connectivity index (χ0) is 17.7. The van der Waals surface area contributed by atoms with E-state index in [0.717, 1.165) is 0 Å². The first-order valence-corrected chi connectivity index (χ1v) is 7.26. The smallest absolute Gasteiger partial charge is 0.408 e. The summed E-state index contributed by atoms with van der Waals surface area (Å²) in [4.78, 5) is 15.2. The lowest BCUT2D eigenvalue weighted by molar-refractivity contribution is -0.171. The van der Waals surface area contributed by atoms with Crippen molar-refractivity contribution in [1.82, 2.24) is 15.6 Å². The Kier molecular flexibility index (Phi) is 5.79. The number of amides is 2. The topological polar surface area (TPSA) is 63.2 Å². The SMILES string of the molecule is O=C(NCc1ccnc(OC(F)F)c1)N[C@H](C1CCC1)C(F)(F)F. The molecule has 0 saturated heterocycles. The van der Waals surface area contributed by atoms with Crippen molar-refractivity contribution in [3.63, 3.8) is 0 Å². The summed E-state index contributed by atoms with van der Waals surface area (Å²) in [6, 6.07) is -0.274. The fourth-order valence-electron chi connectivity index (χ4n) is 2.33. The molecule has 1 heterocycles. The highest BCUT2D eigenvalue weighted by Gasteiger charge is 2.47. The second-order valence-corrected chi connectivity index (χ2v) is 5.42. The fourth-order valence-corrected chi connectivity index (χ4v) is 2.33. The van der Waals surface area contributed by atoms with E-state index in [0.29, 0.717) is 24.8 Å². The van der Waals surface area contributed by atoms with Gasteiger partial charge in [0.1, 0.15) is 6.04 Å². The Bertz CT molecular complexity index is 564. The largest absolute Gasteiger partial charge is 0.417 e. The standard InChI is InChI=1S/C14H16F5N3O2/c15-12(16)24-10-6-8(4-5-20-10)7-21-13(23)22-11(14(17,18)19)9-2-1-3-9/h4-6,9,11-12H,1-3,7H2,(H2,21,22,23)/t11-/m1/s1. The summed E-state index contributed by atoms with van der Waals surface area (Å²) in [5.74, 6) is -0.949. The number of hydrogen-bond acceptors (Lipinski definition) is 3. The lowest BCUT2D eigenvalue weighted by Gasteiger charge is -2.35. The van der Waals surface area contributed by atoms with Gasteiger partial charge in [0.25, 0.3) is 0 Å².